The van der Waals surface area contributed by atoms with E-state index in [4.69, 9.17) is 4.84 Å². The number of hydrogen-bond donors (Lipinski definition) is 0. The summed E-state index contributed by atoms with van der Waals surface area (Å²) in [7, 11) is 2.81. The van der Waals surface area contributed by atoms with Crippen LogP contribution in [0.4, 0.5) is 4.39 Å². The number of carbonyl (C=O) groups excluding carboxylic acids is 1. The van der Waals surface area contributed by atoms with E-state index in [2.05, 4.69) is 10.1 Å². The van der Waals surface area contributed by atoms with Crippen molar-refractivity contribution in [3.8, 4) is 0 Å². The molecule has 1 atom stereocenters. The predicted molar refractivity (Wildman–Crippen MR) is 47.6 cm³/mol. The van der Waals surface area contributed by atoms with Gasteiger partial charge in [-0.3, -0.25) is 9.63 Å². The molecule has 1 aromatic rings. The van der Waals surface area contributed by atoms with Crippen LogP contribution >= 0.6 is 0 Å². The van der Waals surface area contributed by atoms with Crippen molar-refractivity contribution in [1.82, 2.24) is 19.8 Å². The van der Waals surface area contributed by atoms with Gasteiger partial charge in [0, 0.05) is 20.0 Å². The van der Waals surface area contributed by atoms with Crippen LogP contribution in [0.5, 0.6) is 0 Å². The Hall–Kier alpha value is -1.50. The van der Waals surface area contributed by atoms with Crippen LogP contribution in [0.15, 0.2) is 0 Å². The molecule has 0 aromatic carbocycles. The van der Waals surface area contributed by atoms with E-state index in [1.807, 2.05) is 0 Å². The molecule has 1 aromatic heterocycles. The largest absolute Gasteiger partial charge is 0.316 e. The van der Waals surface area contributed by atoms with Crippen LogP contribution in [0.25, 0.3) is 0 Å². The molecule has 1 unspecified atom stereocenters. The normalized spacial score (nSPS) is 19.0. The highest BCUT2D eigenvalue weighted by molar-refractivity contribution is 5.89. The maximum atomic E-state index is 13.2. The van der Waals surface area contributed by atoms with Crippen molar-refractivity contribution < 1.29 is 14.0 Å². The van der Waals surface area contributed by atoms with Gasteiger partial charge in [-0.1, -0.05) is 0 Å². The number of halogens is 1. The second-order valence-corrected chi connectivity index (χ2v) is 3.26. The van der Waals surface area contributed by atoms with Crippen LogP contribution in [-0.4, -0.2) is 39.9 Å². The fourth-order valence-corrected chi connectivity index (χ4v) is 1.43. The molecule has 7 heteroatoms. The van der Waals surface area contributed by atoms with E-state index >= 15 is 0 Å². The molecule has 0 aliphatic carbocycles. The fourth-order valence-electron chi connectivity index (χ4n) is 1.43. The second-order valence-electron chi connectivity index (χ2n) is 3.26. The first kappa shape index (κ1) is 10.0. The summed E-state index contributed by atoms with van der Waals surface area (Å²) in [5, 5.41) is 4.90. The second kappa shape index (κ2) is 3.58. The van der Waals surface area contributed by atoms with Gasteiger partial charge in [-0.15, -0.1) is 5.10 Å². The summed E-state index contributed by atoms with van der Waals surface area (Å²) in [6.07, 6.45) is -0.740. The van der Waals surface area contributed by atoms with Crippen LogP contribution in [0.2, 0.25) is 0 Å². The van der Waals surface area contributed by atoms with E-state index in [1.54, 1.807) is 0 Å². The highest BCUT2D eigenvalue weighted by atomic mass is 19.1. The molecule has 0 saturated carbocycles. The zero-order chi connectivity index (χ0) is 11.0. The van der Waals surface area contributed by atoms with Gasteiger partial charge in [-0.05, 0) is 0 Å². The number of fused-ring (bicyclic) bond motifs is 1. The quantitative estimate of drug-likeness (QED) is 0.665. The number of hydroxylamine groups is 2. The summed E-state index contributed by atoms with van der Waals surface area (Å²) in [6, 6.07) is 0. The number of nitrogens with zero attached hydrogens (tertiary/aromatic N) is 4. The van der Waals surface area contributed by atoms with Crippen LogP contribution in [0, 0.1) is 0 Å². The molecular formula is C8H11FN4O2. The van der Waals surface area contributed by atoms with Gasteiger partial charge < -0.3 is 0 Å². The Balaban J connectivity index is 2.25. The molecule has 2 rings (SSSR count). The number of aryl methyl sites for hydroxylation is 1. The third-order valence-corrected chi connectivity index (χ3v) is 2.33. The highest BCUT2D eigenvalue weighted by Crippen LogP contribution is 2.26. The van der Waals surface area contributed by atoms with Gasteiger partial charge in [0.05, 0.1) is 7.11 Å². The van der Waals surface area contributed by atoms with Gasteiger partial charge in [0.2, 0.25) is 5.82 Å². The first-order valence-electron chi connectivity index (χ1n) is 4.54. The van der Waals surface area contributed by atoms with Crippen molar-refractivity contribution >= 4 is 5.91 Å². The zero-order valence-corrected chi connectivity index (χ0v) is 8.47. The van der Waals surface area contributed by atoms with E-state index in [0.29, 0.717) is 13.0 Å². The number of carbonyl (C=O) groups is 1. The van der Waals surface area contributed by atoms with Crippen LogP contribution in [0.1, 0.15) is 29.0 Å². The topological polar surface area (TPSA) is 60.2 Å². The summed E-state index contributed by atoms with van der Waals surface area (Å²) < 4.78 is 14.6. The van der Waals surface area contributed by atoms with Crippen molar-refractivity contribution in [2.75, 3.05) is 14.2 Å². The fraction of sp³-hybridized carbons (Fsp3) is 0.625. The monoisotopic (exact) mass is 214 g/mol. The average Bonchev–Trinajstić information content (AvgIpc) is 2.79. The molecule has 0 N–H and O–H groups in total. The Morgan fingerprint density at radius 2 is 2.47 bits per heavy atom. The predicted octanol–water partition coefficient (Wildman–Crippen LogP) is 0.326. The molecule has 0 bridgehead atoms. The lowest BCUT2D eigenvalue weighted by Gasteiger charge is -2.10. The average molecular weight is 214 g/mol. The van der Waals surface area contributed by atoms with E-state index in [-0.39, 0.29) is 11.6 Å². The minimum absolute atomic E-state index is 0.0308. The molecule has 0 radical (unpaired) electrons. The summed E-state index contributed by atoms with van der Waals surface area (Å²) in [5.74, 6) is -0.286. The third kappa shape index (κ3) is 1.58. The van der Waals surface area contributed by atoms with Crippen molar-refractivity contribution in [2.24, 2.45) is 0 Å². The van der Waals surface area contributed by atoms with Gasteiger partial charge in [0.15, 0.2) is 12.0 Å². The molecule has 0 saturated heterocycles. The summed E-state index contributed by atoms with van der Waals surface area (Å²) in [4.78, 5) is 20.1. The summed E-state index contributed by atoms with van der Waals surface area (Å²) in [6.45, 7) is 0.466. The number of alkyl halides is 1. The molecule has 2 heterocycles. The van der Waals surface area contributed by atoms with Crippen LogP contribution in [-0.2, 0) is 11.4 Å². The van der Waals surface area contributed by atoms with Gasteiger partial charge in [0.25, 0.3) is 0 Å². The number of rotatable bonds is 2. The smallest absolute Gasteiger partial charge is 0.274 e. The molecule has 1 aliphatic rings. The molecule has 1 aliphatic heterocycles. The molecule has 0 fully saturated rings. The SMILES string of the molecule is CON(C)C(=O)c1nc2n(n1)CCC2F. The first-order valence-corrected chi connectivity index (χ1v) is 4.54. The minimum Gasteiger partial charge on any atom is -0.274 e. The van der Waals surface area contributed by atoms with Gasteiger partial charge in [-0.2, -0.15) is 0 Å². The van der Waals surface area contributed by atoms with Gasteiger partial charge >= 0.3 is 5.91 Å². The zero-order valence-electron chi connectivity index (χ0n) is 8.47. The Morgan fingerprint density at radius 3 is 3.07 bits per heavy atom. The summed E-state index contributed by atoms with van der Waals surface area (Å²) >= 11 is 0. The van der Waals surface area contributed by atoms with Crippen molar-refractivity contribution in [1.29, 1.82) is 0 Å². The Bertz CT molecular complexity index is 392. The van der Waals surface area contributed by atoms with E-state index in [0.717, 1.165) is 5.06 Å². The number of hydrogen-bond acceptors (Lipinski definition) is 4. The maximum absolute atomic E-state index is 13.2. The highest BCUT2D eigenvalue weighted by Gasteiger charge is 2.29. The summed E-state index contributed by atoms with van der Waals surface area (Å²) in [5.41, 5.74) is 0. The molecule has 15 heavy (non-hydrogen) atoms. The third-order valence-electron chi connectivity index (χ3n) is 2.33. The lowest BCUT2D eigenvalue weighted by atomic mass is 10.3. The van der Waals surface area contributed by atoms with Crippen molar-refractivity contribution in [2.45, 2.75) is 19.1 Å². The maximum Gasteiger partial charge on any atom is 0.316 e. The molecule has 0 spiro atoms. The Morgan fingerprint density at radius 1 is 1.73 bits per heavy atom. The van der Waals surface area contributed by atoms with E-state index in [1.165, 1.54) is 18.8 Å². The number of amides is 1. The first-order chi connectivity index (χ1) is 7.13. The van der Waals surface area contributed by atoms with Gasteiger partial charge in [0.1, 0.15) is 0 Å². The van der Waals surface area contributed by atoms with Crippen LogP contribution < -0.4 is 0 Å². The Labute approximate surface area is 85.6 Å². The Kier molecular flexibility index (Phi) is 2.39. The molecule has 6 nitrogen and oxygen atoms in total. The minimum atomic E-state index is -1.12. The van der Waals surface area contributed by atoms with Crippen molar-refractivity contribution in [3.05, 3.63) is 11.6 Å². The van der Waals surface area contributed by atoms with E-state index in [9.17, 15) is 9.18 Å². The van der Waals surface area contributed by atoms with Crippen LogP contribution in [0.3, 0.4) is 0 Å². The van der Waals surface area contributed by atoms with Gasteiger partial charge in [-0.25, -0.2) is 19.1 Å². The van der Waals surface area contributed by atoms with Crippen molar-refractivity contribution in [3.63, 3.8) is 0 Å². The molecule has 82 valence electrons. The number of aromatic nitrogens is 3. The lowest BCUT2D eigenvalue weighted by molar-refractivity contribution is -0.0764. The lowest BCUT2D eigenvalue weighted by Crippen LogP contribution is -2.26. The van der Waals surface area contributed by atoms with E-state index < -0.39 is 12.1 Å². The molecule has 1 amide bonds. The standard InChI is InChI=1S/C8H11FN4O2/c1-12(15-2)8(14)6-10-7-5(9)3-4-13(7)11-6/h5H,3-4H2,1-2H3. The molecular weight excluding hydrogens is 203 g/mol.